The van der Waals surface area contributed by atoms with E-state index in [1.165, 1.54) is 0 Å². The van der Waals surface area contributed by atoms with Crippen LogP contribution in [0.1, 0.15) is 57.1 Å². The lowest BCUT2D eigenvalue weighted by molar-refractivity contribution is -0.156. The molecule has 3 fully saturated rings. The third kappa shape index (κ3) is 5.00. The average molecular weight is 553 g/mol. The molecule has 3 saturated heterocycles. The number of fused-ring (bicyclic) bond motifs is 1. The molecule has 0 saturated carbocycles. The van der Waals surface area contributed by atoms with Gasteiger partial charge in [0.05, 0.1) is 37.2 Å². The third-order valence-electron chi connectivity index (χ3n) is 9.12. The summed E-state index contributed by atoms with van der Waals surface area (Å²) < 4.78 is 12.2. The first kappa shape index (κ1) is 30.0. The number of unbranched alkanes of at least 4 members (excludes halogenated alkanes) is 1. The Morgan fingerprint density at radius 1 is 1.30 bits per heavy atom. The molecular formula is C32H44N2O6. The van der Waals surface area contributed by atoms with Crippen LogP contribution in [0, 0.1) is 31.6 Å². The second-order valence-corrected chi connectivity index (χ2v) is 11.6. The summed E-state index contributed by atoms with van der Waals surface area (Å²) in [5.74, 6) is -2.75. The number of nitrogens with zero attached hydrogens (tertiary/aromatic N) is 2. The van der Waals surface area contributed by atoms with Crippen LogP contribution in [0.5, 0.6) is 0 Å². The molecule has 1 N–H and O–H groups in total. The molecule has 3 heterocycles. The summed E-state index contributed by atoms with van der Waals surface area (Å²) in [6, 6.07) is 4.34. The molecule has 8 heteroatoms. The first-order valence-corrected chi connectivity index (χ1v) is 14.5. The molecule has 0 aliphatic carbocycles. The van der Waals surface area contributed by atoms with Crippen LogP contribution in [0.15, 0.2) is 43.5 Å². The summed E-state index contributed by atoms with van der Waals surface area (Å²) in [4.78, 5) is 45.7. The van der Waals surface area contributed by atoms with Gasteiger partial charge in [0, 0.05) is 12.2 Å². The number of esters is 1. The van der Waals surface area contributed by atoms with Gasteiger partial charge in [0.2, 0.25) is 5.91 Å². The Balaban J connectivity index is 1.79. The highest BCUT2D eigenvalue weighted by Crippen LogP contribution is 2.59. The number of anilines is 1. The van der Waals surface area contributed by atoms with Crippen LogP contribution < -0.4 is 4.90 Å². The number of likely N-dealkylation sites (tertiary alicyclic amines) is 1. The lowest BCUT2D eigenvalue weighted by atomic mass is 9.70. The summed E-state index contributed by atoms with van der Waals surface area (Å²) in [6.45, 7) is 15.7. The maximum Gasteiger partial charge on any atom is 0.312 e. The summed E-state index contributed by atoms with van der Waals surface area (Å²) in [7, 11) is 0. The quantitative estimate of drug-likeness (QED) is 0.225. The zero-order chi connectivity index (χ0) is 29.2. The fourth-order valence-electron chi connectivity index (χ4n) is 6.90. The molecule has 3 aliphatic rings. The Bertz CT molecular complexity index is 1150. The van der Waals surface area contributed by atoms with Crippen molar-refractivity contribution in [2.24, 2.45) is 17.8 Å². The summed E-state index contributed by atoms with van der Waals surface area (Å²) in [5.41, 5.74) is 1.50. The van der Waals surface area contributed by atoms with Crippen LogP contribution in [-0.2, 0) is 23.9 Å². The minimum atomic E-state index is -1.17. The van der Waals surface area contributed by atoms with E-state index in [9.17, 15) is 19.5 Å². The van der Waals surface area contributed by atoms with Gasteiger partial charge in [0.1, 0.15) is 11.6 Å². The lowest BCUT2D eigenvalue weighted by Gasteiger charge is -2.41. The number of aryl methyl sites for hydroxylation is 2. The molecule has 0 aromatic heterocycles. The van der Waals surface area contributed by atoms with Crippen LogP contribution in [0.4, 0.5) is 5.69 Å². The van der Waals surface area contributed by atoms with E-state index in [0.29, 0.717) is 25.7 Å². The number of hydrogen-bond donors (Lipinski definition) is 1. The average Bonchev–Trinajstić information content (AvgIpc) is 3.59. The molecule has 218 valence electrons. The Morgan fingerprint density at radius 3 is 2.70 bits per heavy atom. The van der Waals surface area contributed by atoms with Crippen LogP contribution in [0.25, 0.3) is 0 Å². The number of ether oxygens (including phenoxy) is 2. The molecule has 1 aromatic carbocycles. The number of amides is 2. The largest absolute Gasteiger partial charge is 0.465 e. The normalized spacial score (nSPS) is 28.2. The summed E-state index contributed by atoms with van der Waals surface area (Å²) in [5, 5.41) is 10.5. The van der Waals surface area contributed by atoms with Gasteiger partial charge in [0.25, 0.3) is 5.91 Å². The summed E-state index contributed by atoms with van der Waals surface area (Å²) >= 11 is 0. The zero-order valence-corrected chi connectivity index (χ0v) is 24.3. The third-order valence-corrected chi connectivity index (χ3v) is 9.12. The van der Waals surface area contributed by atoms with Gasteiger partial charge in [-0.2, -0.15) is 0 Å². The van der Waals surface area contributed by atoms with E-state index in [2.05, 4.69) is 13.2 Å². The van der Waals surface area contributed by atoms with Crippen molar-refractivity contribution in [2.75, 3.05) is 24.7 Å². The lowest BCUT2D eigenvalue weighted by Crippen LogP contribution is -2.60. The van der Waals surface area contributed by atoms with Crippen LogP contribution in [-0.4, -0.2) is 71.3 Å². The van der Waals surface area contributed by atoms with Crippen molar-refractivity contribution >= 4 is 23.5 Å². The Labute approximate surface area is 238 Å². The van der Waals surface area contributed by atoms with Gasteiger partial charge in [-0.3, -0.25) is 14.4 Å². The fourth-order valence-corrected chi connectivity index (χ4v) is 6.90. The van der Waals surface area contributed by atoms with Gasteiger partial charge >= 0.3 is 5.97 Å². The van der Waals surface area contributed by atoms with E-state index < -0.39 is 41.6 Å². The van der Waals surface area contributed by atoms with Crippen molar-refractivity contribution in [2.45, 2.75) is 83.6 Å². The number of rotatable bonds is 13. The topological polar surface area (TPSA) is 96.4 Å². The maximum atomic E-state index is 14.7. The second-order valence-electron chi connectivity index (χ2n) is 11.6. The second kappa shape index (κ2) is 12.3. The van der Waals surface area contributed by atoms with E-state index in [0.717, 1.165) is 23.2 Å². The van der Waals surface area contributed by atoms with E-state index in [1.807, 2.05) is 45.9 Å². The maximum absolute atomic E-state index is 14.7. The van der Waals surface area contributed by atoms with Crippen LogP contribution in [0.3, 0.4) is 0 Å². The molecule has 2 amide bonds. The van der Waals surface area contributed by atoms with Gasteiger partial charge in [-0.25, -0.2) is 0 Å². The smallest absolute Gasteiger partial charge is 0.312 e. The highest BCUT2D eigenvalue weighted by atomic mass is 16.6. The van der Waals surface area contributed by atoms with E-state index >= 15 is 0 Å². The predicted octanol–water partition coefficient (Wildman–Crippen LogP) is 4.11. The van der Waals surface area contributed by atoms with E-state index in [1.54, 1.807) is 22.0 Å². The molecular weight excluding hydrogens is 508 g/mol. The molecule has 40 heavy (non-hydrogen) atoms. The van der Waals surface area contributed by atoms with Gasteiger partial charge in [-0.05, 0) is 62.6 Å². The van der Waals surface area contributed by atoms with Crippen molar-refractivity contribution in [3.63, 3.8) is 0 Å². The zero-order valence-electron chi connectivity index (χ0n) is 24.3. The van der Waals surface area contributed by atoms with Crippen molar-refractivity contribution in [1.82, 2.24) is 4.90 Å². The molecule has 8 nitrogen and oxygen atoms in total. The number of hydrogen-bond acceptors (Lipinski definition) is 6. The van der Waals surface area contributed by atoms with Crippen LogP contribution in [0.2, 0.25) is 0 Å². The van der Waals surface area contributed by atoms with Crippen molar-refractivity contribution in [3.05, 3.63) is 54.6 Å². The molecule has 1 spiro atoms. The molecule has 0 radical (unpaired) electrons. The minimum Gasteiger partial charge on any atom is -0.465 e. The summed E-state index contributed by atoms with van der Waals surface area (Å²) in [6.07, 6.45) is 6.08. The molecule has 2 unspecified atom stereocenters. The Morgan fingerprint density at radius 2 is 2.05 bits per heavy atom. The van der Waals surface area contributed by atoms with Gasteiger partial charge in [-0.1, -0.05) is 44.6 Å². The van der Waals surface area contributed by atoms with Crippen molar-refractivity contribution < 1.29 is 29.0 Å². The first-order chi connectivity index (χ1) is 19.2. The van der Waals surface area contributed by atoms with Crippen molar-refractivity contribution in [3.8, 4) is 0 Å². The fraction of sp³-hybridized carbons (Fsp3) is 0.594. The number of aliphatic hydroxyl groups is 1. The molecule has 7 atom stereocenters. The number of benzene rings is 1. The Hall–Kier alpha value is -2.97. The number of aliphatic hydroxyl groups excluding tert-OH is 1. The number of carbonyl (C=O) groups is 3. The van der Waals surface area contributed by atoms with Gasteiger partial charge in [-0.15, -0.1) is 13.2 Å². The van der Waals surface area contributed by atoms with Crippen molar-refractivity contribution in [1.29, 1.82) is 0 Å². The van der Waals surface area contributed by atoms with E-state index in [-0.39, 0.29) is 37.5 Å². The first-order valence-electron chi connectivity index (χ1n) is 14.5. The number of carbonyl (C=O) groups excluding carboxylic acids is 3. The number of allylic oxidation sites excluding steroid dienone is 1. The van der Waals surface area contributed by atoms with Gasteiger partial charge < -0.3 is 24.4 Å². The standard InChI is InChI=1S/C32H44N2O6/c1-7-10-11-17-39-31(38)26-25-14-15-32(40-25)27(26)29(36)34(24(19-35)21(5)9-3)28(32)30(37)33(16-8-2)23-18-20(4)12-13-22(23)6/h7-8,12-13,18,21,24-28,35H,1-2,9-11,14-17,19H2,3-6H3/t21-,24-,25-,26+,27-,28?,32?/m0/s1. The monoisotopic (exact) mass is 552 g/mol. The Kier molecular flexibility index (Phi) is 9.20. The van der Waals surface area contributed by atoms with E-state index in [4.69, 9.17) is 9.47 Å². The molecule has 3 aliphatic heterocycles. The predicted molar refractivity (Wildman–Crippen MR) is 154 cm³/mol. The highest BCUT2D eigenvalue weighted by Gasteiger charge is 2.75. The highest BCUT2D eigenvalue weighted by molar-refractivity contribution is 6.05. The molecule has 2 bridgehead atoms. The SMILES string of the molecule is C=CCCCOC(=O)[C@@H]1[C@@H]2CCC3(O2)C(C(=O)N(CC=C)c2cc(C)ccc2C)N([C@@H](CO)[C@@H](C)CC)C(=O)[C@H]13. The minimum absolute atomic E-state index is 0.0745. The molecule has 4 rings (SSSR count). The van der Waals surface area contributed by atoms with Gasteiger partial charge in [0.15, 0.2) is 0 Å². The van der Waals surface area contributed by atoms with Crippen LogP contribution >= 0.6 is 0 Å². The molecule has 1 aromatic rings.